The average molecular weight is 471 g/mol. The maximum absolute atomic E-state index is 13.9. The van der Waals surface area contributed by atoms with Crippen molar-refractivity contribution in [2.75, 3.05) is 12.8 Å². The van der Waals surface area contributed by atoms with Gasteiger partial charge in [0.1, 0.15) is 18.0 Å². The van der Waals surface area contributed by atoms with Crippen LogP contribution in [-0.2, 0) is 12.7 Å². The Bertz CT molecular complexity index is 1440. The van der Waals surface area contributed by atoms with E-state index in [4.69, 9.17) is 15.0 Å². The molecule has 0 aliphatic rings. The molecule has 11 heteroatoms. The van der Waals surface area contributed by atoms with Gasteiger partial charge in [0, 0.05) is 11.6 Å². The van der Waals surface area contributed by atoms with Crippen molar-refractivity contribution in [3.05, 3.63) is 65.2 Å². The quantitative estimate of drug-likeness (QED) is 0.365. The van der Waals surface area contributed by atoms with Crippen molar-refractivity contribution >= 4 is 28.2 Å². The number of pyridine rings is 1. The zero-order valence-electron chi connectivity index (χ0n) is 17.1. The molecule has 7 nitrogen and oxygen atoms in total. The van der Waals surface area contributed by atoms with Gasteiger partial charge >= 0.3 is 6.18 Å². The minimum atomic E-state index is -4.62. The summed E-state index contributed by atoms with van der Waals surface area (Å²) in [5, 5.41) is 9.71. The first kappa shape index (κ1) is 21.0. The summed E-state index contributed by atoms with van der Waals surface area (Å²) in [7, 11) is 1.56. The lowest BCUT2D eigenvalue weighted by Gasteiger charge is -2.10. The number of benzene rings is 1. The Balaban J connectivity index is 1.58. The number of ether oxygens (including phenoxy) is 1. The van der Waals surface area contributed by atoms with E-state index >= 15 is 0 Å². The van der Waals surface area contributed by atoms with Crippen LogP contribution in [0.5, 0.6) is 5.75 Å². The van der Waals surface area contributed by atoms with Gasteiger partial charge in [0.25, 0.3) is 0 Å². The molecule has 0 amide bonds. The van der Waals surface area contributed by atoms with Gasteiger partial charge in [-0.25, -0.2) is 9.67 Å². The Labute approximate surface area is 189 Å². The van der Waals surface area contributed by atoms with Crippen LogP contribution in [-0.4, -0.2) is 27.0 Å². The Morgan fingerprint density at radius 1 is 1.12 bits per heavy atom. The third-order valence-electron chi connectivity index (χ3n) is 5.04. The molecule has 5 rings (SSSR count). The second-order valence-electron chi connectivity index (χ2n) is 7.18. The molecule has 5 aromatic rings. The van der Waals surface area contributed by atoms with Gasteiger partial charge in [-0.2, -0.15) is 18.3 Å². The van der Waals surface area contributed by atoms with Crippen LogP contribution in [0.15, 0.2) is 58.4 Å². The molecule has 4 heterocycles. The van der Waals surface area contributed by atoms with Gasteiger partial charge in [0.05, 0.1) is 28.6 Å². The van der Waals surface area contributed by atoms with E-state index in [9.17, 15) is 13.2 Å². The standard InChI is InChI=1S/C22H16F3N5O2S/c1-31-13-5-2-4-12(8-13)16-9-14(32-29-16)11-30-21-19(20(26)28-30)15(22(23,24)25)10-17(27-21)18-6-3-7-33-18/h2-10H,11H2,1H3,(H2,26,28). The molecule has 0 saturated carbocycles. The Kier molecular flexibility index (Phi) is 5.05. The van der Waals surface area contributed by atoms with Crippen molar-refractivity contribution in [1.29, 1.82) is 0 Å². The minimum absolute atomic E-state index is 0.00284. The van der Waals surface area contributed by atoms with E-state index in [0.717, 1.165) is 11.6 Å². The summed E-state index contributed by atoms with van der Waals surface area (Å²) in [6, 6.07) is 13.4. The highest BCUT2D eigenvalue weighted by Gasteiger charge is 2.36. The van der Waals surface area contributed by atoms with Crippen LogP contribution in [0, 0.1) is 0 Å². The maximum Gasteiger partial charge on any atom is 0.417 e. The molecule has 33 heavy (non-hydrogen) atoms. The van der Waals surface area contributed by atoms with Crippen molar-refractivity contribution in [1.82, 2.24) is 19.9 Å². The molecular formula is C22H16F3N5O2S. The molecule has 1 aromatic carbocycles. The van der Waals surface area contributed by atoms with E-state index < -0.39 is 11.7 Å². The lowest BCUT2D eigenvalue weighted by Crippen LogP contribution is -2.08. The normalized spacial score (nSPS) is 11.9. The summed E-state index contributed by atoms with van der Waals surface area (Å²) >= 11 is 1.29. The number of rotatable bonds is 5. The molecule has 0 fully saturated rings. The second kappa shape index (κ2) is 7.93. The summed E-state index contributed by atoms with van der Waals surface area (Å²) in [6.45, 7) is 0.00284. The summed E-state index contributed by atoms with van der Waals surface area (Å²) in [5.41, 5.74) is 6.55. The number of thiophene rings is 1. The van der Waals surface area contributed by atoms with E-state index in [1.807, 2.05) is 12.1 Å². The zero-order valence-corrected chi connectivity index (χ0v) is 17.9. The fourth-order valence-electron chi connectivity index (χ4n) is 3.54. The SMILES string of the molecule is COc1cccc(-c2cc(Cn3nc(N)c4c(C(F)(F)F)cc(-c5cccs5)nc43)on2)c1. The van der Waals surface area contributed by atoms with Gasteiger partial charge in [-0.15, -0.1) is 11.3 Å². The minimum Gasteiger partial charge on any atom is -0.497 e. The monoisotopic (exact) mass is 471 g/mol. The lowest BCUT2D eigenvalue weighted by molar-refractivity contribution is -0.136. The first-order valence-electron chi connectivity index (χ1n) is 9.71. The van der Waals surface area contributed by atoms with Crippen molar-refractivity contribution in [2.45, 2.75) is 12.7 Å². The van der Waals surface area contributed by atoms with E-state index in [2.05, 4.69) is 15.2 Å². The molecule has 0 aliphatic carbocycles. The fourth-order valence-corrected chi connectivity index (χ4v) is 4.22. The maximum atomic E-state index is 13.9. The molecule has 0 bridgehead atoms. The second-order valence-corrected chi connectivity index (χ2v) is 8.13. The molecule has 0 atom stereocenters. The molecule has 0 saturated heterocycles. The van der Waals surface area contributed by atoms with Gasteiger partial charge in [-0.3, -0.25) is 0 Å². The first-order valence-corrected chi connectivity index (χ1v) is 10.6. The summed E-state index contributed by atoms with van der Waals surface area (Å²) in [6.07, 6.45) is -4.62. The fraction of sp³-hybridized carbons (Fsp3) is 0.136. The van der Waals surface area contributed by atoms with Gasteiger partial charge in [0.2, 0.25) is 0 Å². The van der Waals surface area contributed by atoms with E-state index in [1.54, 1.807) is 42.8 Å². The van der Waals surface area contributed by atoms with Crippen molar-refractivity contribution in [3.8, 4) is 27.6 Å². The number of aromatic nitrogens is 4. The predicted molar refractivity (Wildman–Crippen MR) is 118 cm³/mol. The molecule has 0 unspecified atom stereocenters. The predicted octanol–water partition coefficient (Wildman–Crippen LogP) is 5.47. The number of hydrogen-bond acceptors (Lipinski definition) is 7. The summed E-state index contributed by atoms with van der Waals surface area (Å²) in [4.78, 5) is 5.05. The smallest absolute Gasteiger partial charge is 0.417 e. The van der Waals surface area contributed by atoms with Crippen LogP contribution >= 0.6 is 11.3 Å². The molecule has 2 N–H and O–H groups in total. The number of nitrogens with two attached hydrogens (primary N) is 1. The number of fused-ring (bicyclic) bond motifs is 1. The molecule has 0 radical (unpaired) electrons. The molecule has 168 valence electrons. The average Bonchev–Trinajstić information content (AvgIpc) is 3.54. The molecule has 0 aliphatic heterocycles. The van der Waals surface area contributed by atoms with Crippen molar-refractivity contribution in [3.63, 3.8) is 0 Å². The third-order valence-corrected chi connectivity index (χ3v) is 5.93. The Morgan fingerprint density at radius 2 is 1.97 bits per heavy atom. The molecular weight excluding hydrogens is 455 g/mol. The van der Waals surface area contributed by atoms with Crippen molar-refractivity contribution in [2.24, 2.45) is 0 Å². The Hall–Kier alpha value is -3.86. The Morgan fingerprint density at radius 3 is 2.70 bits per heavy atom. The van der Waals surface area contributed by atoms with Gasteiger partial charge in [-0.05, 0) is 29.6 Å². The van der Waals surface area contributed by atoms with Crippen LogP contribution in [0.2, 0.25) is 0 Å². The number of alkyl halides is 3. The summed E-state index contributed by atoms with van der Waals surface area (Å²) in [5.74, 6) is 0.789. The number of nitrogen functional groups attached to an aromatic ring is 1. The number of nitrogens with zero attached hydrogens (tertiary/aromatic N) is 4. The molecule has 4 aromatic heterocycles. The summed E-state index contributed by atoms with van der Waals surface area (Å²) < 4.78 is 53.5. The first-order chi connectivity index (χ1) is 15.8. The van der Waals surface area contributed by atoms with E-state index in [-0.39, 0.29) is 29.1 Å². The van der Waals surface area contributed by atoms with Crippen LogP contribution in [0.1, 0.15) is 11.3 Å². The van der Waals surface area contributed by atoms with Gasteiger partial charge < -0.3 is 15.0 Å². The van der Waals surface area contributed by atoms with Crippen LogP contribution < -0.4 is 10.5 Å². The van der Waals surface area contributed by atoms with E-state index in [0.29, 0.717) is 22.1 Å². The van der Waals surface area contributed by atoms with Crippen LogP contribution in [0.25, 0.3) is 32.9 Å². The topological polar surface area (TPSA) is 92.0 Å². The van der Waals surface area contributed by atoms with E-state index in [1.165, 1.54) is 16.0 Å². The van der Waals surface area contributed by atoms with Crippen molar-refractivity contribution < 1.29 is 22.4 Å². The van der Waals surface area contributed by atoms with Crippen LogP contribution in [0.4, 0.5) is 19.0 Å². The zero-order chi connectivity index (χ0) is 23.2. The lowest BCUT2D eigenvalue weighted by atomic mass is 10.1. The third kappa shape index (κ3) is 3.91. The van der Waals surface area contributed by atoms with Crippen LogP contribution in [0.3, 0.4) is 0 Å². The number of halogens is 3. The molecule has 0 spiro atoms. The highest BCUT2D eigenvalue weighted by atomic mass is 32.1. The van der Waals surface area contributed by atoms with Gasteiger partial charge in [0.15, 0.2) is 17.2 Å². The number of anilines is 1. The van der Waals surface area contributed by atoms with Gasteiger partial charge in [-0.1, -0.05) is 23.4 Å². The number of methoxy groups -OCH3 is 1. The highest BCUT2D eigenvalue weighted by Crippen LogP contribution is 2.39. The largest absolute Gasteiger partial charge is 0.497 e. The highest BCUT2D eigenvalue weighted by molar-refractivity contribution is 7.13. The number of hydrogen-bond donors (Lipinski definition) is 1.